The van der Waals surface area contributed by atoms with Gasteiger partial charge in [-0.05, 0) is 37.1 Å². The number of benzene rings is 1. The number of fused-ring (bicyclic) bond motifs is 1. The highest BCUT2D eigenvalue weighted by Gasteiger charge is 2.46. The summed E-state index contributed by atoms with van der Waals surface area (Å²) in [6.07, 6.45) is 5.74. The predicted molar refractivity (Wildman–Crippen MR) is 106 cm³/mol. The minimum Gasteiger partial charge on any atom is -0.370 e. The maximum atomic E-state index is 14.5. The van der Waals surface area contributed by atoms with Crippen molar-refractivity contribution in [2.45, 2.75) is 18.8 Å². The number of nitrogens with one attached hydrogen (secondary N) is 1. The number of halogens is 3. The van der Waals surface area contributed by atoms with Crippen molar-refractivity contribution in [2.75, 3.05) is 36.4 Å². The summed E-state index contributed by atoms with van der Waals surface area (Å²) < 4.78 is 41.8. The first-order valence-corrected chi connectivity index (χ1v) is 9.72. The molecule has 7 nitrogen and oxygen atoms in total. The molecule has 30 heavy (non-hydrogen) atoms. The zero-order chi connectivity index (χ0) is 20.9. The molecule has 0 aliphatic carbocycles. The lowest BCUT2D eigenvalue weighted by molar-refractivity contribution is -0.107. The molecule has 2 fully saturated rings. The SMILES string of the molecule is O=C(Nc1ccc(F)c(-n2cc3cc(N4CCCC4)cnc3n2)c1)N1CC(F)(F)C1. The summed E-state index contributed by atoms with van der Waals surface area (Å²) in [5.74, 6) is -3.38. The molecule has 3 aromatic rings. The molecular weight excluding hydrogens is 397 g/mol. The summed E-state index contributed by atoms with van der Waals surface area (Å²) in [5.41, 5.74) is 1.90. The summed E-state index contributed by atoms with van der Waals surface area (Å²) in [6, 6.07) is 5.32. The van der Waals surface area contributed by atoms with Crippen molar-refractivity contribution < 1.29 is 18.0 Å². The molecule has 1 N–H and O–H groups in total. The van der Waals surface area contributed by atoms with Crippen LogP contribution >= 0.6 is 0 Å². The fourth-order valence-electron chi connectivity index (χ4n) is 3.80. The molecule has 2 aliphatic rings. The van der Waals surface area contributed by atoms with Crippen LogP contribution in [0.1, 0.15) is 12.8 Å². The molecule has 0 spiro atoms. The number of hydrogen-bond donors (Lipinski definition) is 1. The monoisotopic (exact) mass is 416 g/mol. The number of carbonyl (C=O) groups excluding carboxylic acids is 1. The van der Waals surface area contributed by atoms with Crippen molar-refractivity contribution in [1.29, 1.82) is 0 Å². The smallest absolute Gasteiger partial charge is 0.322 e. The van der Waals surface area contributed by atoms with E-state index in [1.54, 1.807) is 12.4 Å². The van der Waals surface area contributed by atoms with E-state index in [2.05, 4.69) is 20.3 Å². The number of rotatable bonds is 3. The Kier molecular flexibility index (Phi) is 4.30. The van der Waals surface area contributed by atoms with Gasteiger partial charge >= 0.3 is 6.03 Å². The lowest BCUT2D eigenvalue weighted by Gasteiger charge is -2.38. The molecule has 0 radical (unpaired) electrons. The van der Waals surface area contributed by atoms with Crippen molar-refractivity contribution in [2.24, 2.45) is 0 Å². The molecule has 156 valence electrons. The van der Waals surface area contributed by atoms with Crippen LogP contribution in [0.2, 0.25) is 0 Å². The van der Waals surface area contributed by atoms with Gasteiger partial charge in [-0.25, -0.2) is 27.6 Å². The maximum Gasteiger partial charge on any atom is 0.322 e. The summed E-state index contributed by atoms with van der Waals surface area (Å²) in [6.45, 7) is 0.728. The van der Waals surface area contributed by atoms with E-state index in [0.29, 0.717) is 5.65 Å². The number of likely N-dealkylation sites (tertiary alicyclic amines) is 1. The van der Waals surface area contributed by atoms with E-state index >= 15 is 0 Å². The number of nitrogens with zero attached hydrogens (tertiary/aromatic N) is 5. The van der Waals surface area contributed by atoms with Gasteiger partial charge in [-0.2, -0.15) is 0 Å². The largest absolute Gasteiger partial charge is 0.370 e. The fraction of sp³-hybridized carbons (Fsp3) is 0.350. The highest BCUT2D eigenvalue weighted by Crippen LogP contribution is 2.28. The molecule has 0 saturated carbocycles. The van der Waals surface area contributed by atoms with Gasteiger partial charge in [0.15, 0.2) is 5.65 Å². The molecule has 4 heterocycles. The zero-order valence-electron chi connectivity index (χ0n) is 16.0. The minimum atomic E-state index is -2.85. The average molecular weight is 416 g/mol. The first-order valence-electron chi connectivity index (χ1n) is 9.72. The third-order valence-electron chi connectivity index (χ3n) is 5.39. The van der Waals surface area contributed by atoms with Crippen LogP contribution in [0.3, 0.4) is 0 Å². The molecule has 0 unspecified atom stereocenters. The third-order valence-corrected chi connectivity index (χ3v) is 5.39. The van der Waals surface area contributed by atoms with E-state index in [9.17, 15) is 18.0 Å². The molecule has 0 bridgehead atoms. The minimum absolute atomic E-state index is 0.127. The first-order chi connectivity index (χ1) is 14.4. The van der Waals surface area contributed by atoms with Crippen molar-refractivity contribution in [1.82, 2.24) is 19.7 Å². The number of hydrogen-bond acceptors (Lipinski definition) is 4. The van der Waals surface area contributed by atoms with E-state index < -0.39 is 30.9 Å². The van der Waals surface area contributed by atoms with Gasteiger partial charge in [0, 0.05) is 30.4 Å². The van der Waals surface area contributed by atoms with Crippen molar-refractivity contribution in [3.8, 4) is 5.69 Å². The van der Waals surface area contributed by atoms with Crippen LogP contribution in [0.15, 0.2) is 36.7 Å². The topological polar surface area (TPSA) is 66.3 Å². The molecule has 2 saturated heterocycles. The van der Waals surface area contributed by atoms with Crippen LogP contribution in [-0.4, -0.2) is 57.8 Å². The Morgan fingerprint density at radius 1 is 1.13 bits per heavy atom. The average Bonchev–Trinajstić information content (AvgIpc) is 3.36. The molecule has 10 heteroatoms. The lowest BCUT2D eigenvalue weighted by Crippen LogP contribution is -2.59. The van der Waals surface area contributed by atoms with Crippen LogP contribution in [0, 0.1) is 5.82 Å². The maximum absolute atomic E-state index is 14.5. The van der Waals surface area contributed by atoms with Gasteiger partial charge in [0.25, 0.3) is 5.92 Å². The number of urea groups is 1. The van der Waals surface area contributed by atoms with Crippen LogP contribution in [0.25, 0.3) is 16.7 Å². The Morgan fingerprint density at radius 2 is 1.90 bits per heavy atom. The van der Waals surface area contributed by atoms with Gasteiger partial charge in [-0.3, -0.25) is 0 Å². The van der Waals surface area contributed by atoms with E-state index in [0.717, 1.165) is 41.9 Å². The predicted octanol–water partition coefficient (Wildman–Crippen LogP) is 3.64. The second kappa shape index (κ2) is 6.89. The van der Waals surface area contributed by atoms with Crippen LogP contribution in [0.5, 0.6) is 0 Å². The van der Waals surface area contributed by atoms with Gasteiger partial charge in [0.2, 0.25) is 0 Å². The number of amides is 2. The summed E-state index contributed by atoms with van der Waals surface area (Å²) in [7, 11) is 0. The molecule has 0 atom stereocenters. The van der Waals surface area contributed by atoms with E-state index in [1.165, 1.54) is 22.9 Å². The molecule has 2 aliphatic heterocycles. The van der Waals surface area contributed by atoms with Crippen molar-refractivity contribution in [3.63, 3.8) is 0 Å². The number of carbonyl (C=O) groups is 1. The quantitative estimate of drug-likeness (QED) is 0.708. The van der Waals surface area contributed by atoms with Crippen LogP contribution < -0.4 is 10.2 Å². The van der Waals surface area contributed by atoms with Gasteiger partial charge in [-0.15, -0.1) is 5.10 Å². The summed E-state index contributed by atoms with van der Waals surface area (Å²) in [5, 5.41) is 7.63. The third kappa shape index (κ3) is 3.42. The zero-order valence-corrected chi connectivity index (χ0v) is 16.0. The number of pyridine rings is 1. The number of alkyl halides is 2. The fourth-order valence-corrected chi connectivity index (χ4v) is 3.80. The van der Waals surface area contributed by atoms with E-state index in [-0.39, 0.29) is 11.4 Å². The Balaban J connectivity index is 1.40. The van der Waals surface area contributed by atoms with Crippen molar-refractivity contribution in [3.05, 3.63) is 42.5 Å². The molecule has 1 aromatic carbocycles. The van der Waals surface area contributed by atoms with E-state index in [1.807, 2.05) is 6.07 Å². The molecule has 2 aromatic heterocycles. The molecular formula is C20H19F3N6O. The van der Waals surface area contributed by atoms with E-state index in [4.69, 9.17) is 0 Å². The van der Waals surface area contributed by atoms with Gasteiger partial charge in [0.05, 0.1) is 25.0 Å². The second-order valence-corrected chi connectivity index (χ2v) is 7.68. The molecule has 5 rings (SSSR count). The summed E-state index contributed by atoms with van der Waals surface area (Å²) >= 11 is 0. The normalized spacial score (nSPS) is 18.0. The van der Waals surface area contributed by atoms with Gasteiger partial charge < -0.3 is 15.1 Å². The molecule has 2 amide bonds. The highest BCUT2D eigenvalue weighted by atomic mass is 19.3. The Labute approximate surface area is 170 Å². The highest BCUT2D eigenvalue weighted by molar-refractivity contribution is 5.90. The van der Waals surface area contributed by atoms with Crippen LogP contribution in [-0.2, 0) is 0 Å². The van der Waals surface area contributed by atoms with Crippen molar-refractivity contribution >= 4 is 28.4 Å². The Hall–Kier alpha value is -3.30. The standard InChI is InChI=1S/C20H19F3N6O/c21-16-4-3-14(25-19(30)28-11-20(22,23)12-28)8-17(16)29-10-13-7-15(9-24-18(13)26-29)27-5-1-2-6-27/h3-4,7-10H,1-2,5-6,11-12H2,(H,25,30). The van der Waals surface area contributed by atoms with Gasteiger partial charge in [-0.1, -0.05) is 0 Å². The lowest BCUT2D eigenvalue weighted by atomic mass is 10.1. The van der Waals surface area contributed by atoms with Crippen LogP contribution in [0.4, 0.5) is 29.3 Å². The summed E-state index contributed by atoms with van der Waals surface area (Å²) in [4.78, 5) is 19.7. The Morgan fingerprint density at radius 3 is 2.63 bits per heavy atom. The first kappa shape index (κ1) is 18.7. The Bertz CT molecular complexity index is 1120. The number of anilines is 2. The number of aromatic nitrogens is 3. The van der Waals surface area contributed by atoms with Gasteiger partial charge in [0.1, 0.15) is 11.5 Å². The second-order valence-electron chi connectivity index (χ2n) is 7.68.